The van der Waals surface area contributed by atoms with Gasteiger partial charge in [-0.2, -0.15) is 0 Å². The summed E-state index contributed by atoms with van der Waals surface area (Å²) in [7, 11) is 0. The number of anilines is 2. The third kappa shape index (κ3) is 6.10. The zero-order valence-electron chi connectivity index (χ0n) is 19.2. The second-order valence-corrected chi connectivity index (χ2v) is 10.1. The molecule has 0 radical (unpaired) electrons. The summed E-state index contributed by atoms with van der Waals surface area (Å²) in [6.45, 7) is 1.49. The Morgan fingerprint density at radius 1 is 1.08 bits per heavy atom. The van der Waals surface area contributed by atoms with Crippen LogP contribution in [0.2, 0.25) is 5.02 Å². The molecule has 1 heterocycles. The van der Waals surface area contributed by atoms with Crippen molar-refractivity contribution in [2.24, 2.45) is 0 Å². The van der Waals surface area contributed by atoms with Crippen LogP contribution in [0.1, 0.15) is 11.1 Å². The normalized spacial score (nSPS) is 14.5. The molecule has 0 unspecified atom stereocenters. The van der Waals surface area contributed by atoms with Crippen molar-refractivity contribution in [3.8, 4) is 5.75 Å². The monoisotopic (exact) mass is 645 g/mol. The number of hydrogen-bond acceptors (Lipinski definition) is 5. The minimum atomic E-state index is -0.849. The van der Waals surface area contributed by atoms with E-state index in [1.54, 1.807) is 60.7 Å². The van der Waals surface area contributed by atoms with Crippen molar-refractivity contribution < 1.29 is 23.9 Å². The van der Waals surface area contributed by atoms with Gasteiger partial charge in [0.05, 0.1) is 10.2 Å². The Hall–Kier alpha value is -3.47. The number of benzene rings is 3. The van der Waals surface area contributed by atoms with Crippen LogP contribution < -0.4 is 20.3 Å². The van der Waals surface area contributed by atoms with E-state index in [9.17, 15) is 19.2 Å². The summed E-state index contributed by atoms with van der Waals surface area (Å²) in [6.07, 6.45) is 1.31. The number of carbonyl (C=O) groups is 4. The number of imide groups is 2. The van der Waals surface area contributed by atoms with Crippen molar-refractivity contribution >= 4 is 84.7 Å². The van der Waals surface area contributed by atoms with E-state index in [4.69, 9.17) is 16.3 Å². The summed E-state index contributed by atoms with van der Waals surface area (Å²) >= 11 is 12.9. The number of aryl methyl sites for hydroxylation is 1. The summed E-state index contributed by atoms with van der Waals surface area (Å²) < 4.78 is 6.87. The Kier molecular flexibility index (Phi) is 8.11. The molecule has 1 aliphatic rings. The number of urea groups is 1. The van der Waals surface area contributed by atoms with Crippen molar-refractivity contribution in [2.45, 2.75) is 6.92 Å². The predicted molar refractivity (Wildman–Crippen MR) is 148 cm³/mol. The van der Waals surface area contributed by atoms with Crippen LogP contribution in [0.3, 0.4) is 0 Å². The molecule has 0 spiro atoms. The maximum Gasteiger partial charge on any atom is 0.335 e. The Bertz CT molecular complexity index is 1460. The number of rotatable bonds is 6. The number of carbonyl (C=O) groups excluding carboxylic acids is 4. The first kappa shape index (κ1) is 26.6. The van der Waals surface area contributed by atoms with Crippen molar-refractivity contribution in [3.05, 3.63) is 91.3 Å². The molecule has 0 aromatic heterocycles. The van der Waals surface area contributed by atoms with Crippen LogP contribution in [0.4, 0.5) is 16.2 Å². The summed E-state index contributed by atoms with van der Waals surface area (Å²) in [5.41, 5.74) is 1.74. The highest BCUT2D eigenvalue weighted by Gasteiger charge is 2.37. The fraction of sp³-hybridized carbons (Fsp3) is 0.0769. The average molecular weight is 648 g/mol. The first-order valence-electron chi connectivity index (χ1n) is 10.8. The molecule has 3 aromatic carbocycles. The van der Waals surface area contributed by atoms with Gasteiger partial charge in [-0.25, -0.2) is 9.69 Å². The minimum absolute atomic E-state index is 0.219. The summed E-state index contributed by atoms with van der Waals surface area (Å²) in [4.78, 5) is 51.6. The van der Waals surface area contributed by atoms with Gasteiger partial charge in [-0.3, -0.25) is 19.7 Å². The first-order chi connectivity index (χ1) is 17.6. The molecule has 0 atom stereocenters. The Morgan fingerprint density at radius 3 is 2.51 bits per heavy atom. The molecule has 3 aromatic rings. The molecular weight excluding hydrogens is 630 g/mol. The minimum Gasteiger partial charge on any atom is -0.482 e. The highest BCUT2D eigenvalue weighted by molar-refractivity contribution is 9.11. The smallest absolute Gasteiger partial charge is 0.335 e. The number of nitrogens with zero attached hydrogens (tertiary/aromatic N) is 1. The van der Waals surface area contributed by atoms with E-state index in [2.05, 4.69) is 42.5 Å². The van der Waals surface area contributed by atoms with E-state index < -0.39 is 23.8 Å². The van der Waals surface area contributed by atoms with Gasteiger partial charge in [-0.15, -0.1) is 0 Å². The molecule has 5 amide bonds. The molecule has 1 fully saturated rings. The largest absolute Gasteiger partial charge is 0.482 e. The van der Waals surface area contributed by atoms with E-state index in [1.165, 1.54) is 6.08 Å². The van der Waals surface area contributed by atoms with Crippen LogP contribution in [0.15, 0.2) is 75.2 Å². The molecule has 4 rings (SSSR count). The van der Waals surface area contributed by atoms with Crippen LogP contribution in [0, 0.1) is 6.92 Å². The number of amides is 5. The van der Waals surface area contributed by atoms with Crippen molar-refractivity contribution in [1.82, 2.24) is 5.32 Å². The van der Waals surface area contributed by atoms with E-state index in [0.717, 1.165) is 10.5 Å². The lowest BCUT2D eigenvalue weighted by atomic mass is 10.1. The van der Waals surface area contributed by atoms with Crippen molar-refractivity contribution in [2.75, 3.05) is 16.8 Å². The lowest BCUT2D eigenvalue weighted by Gasteiger charge is -2.26. The second kappa shape index (κ2) is 11.3. The molecular formula is C26H18Br2ClN3O5. The van der Waals surface area contributed by atoms with Gasteiger partial charge in [-0.1, -0.05) is 51.8 Å². The molecule has 0 aliphatic carbocycles. The van der Waals surface area contributed by atoms with Crippen LogP contribution >= 0.6 is 43.5 Å². The maximum atomic E-state index is 13.2. The summed E-state index contributed by atoms with van der Waals surface area (Å²) in [5.74, 6) is -1.87. The molecule has 1 saturated heterocycles. The van der Waals surface area contributed by atoms with Gasteiger partial charge >= 0.3 is 6.03 Å². The second-order valence-electron chi connectivity index (χ2n) is 7.90. The van der Waals surface area contributed by atoms with E-state index in [1.807, 2.05) is 6.92 Å². The van der Waals surface area contributed by atoms with Crippen molar-refractivity contribution in [1.29, 1.82) is 0 Å². The summed E-state index contributed by atoms with van der Waals surface area (Å²) in [6, 6.07) is 15.8. The van der Waals surface area contributed by atoms with E-state index in [0.29, 0.717) is 30.9 Å². The SMILES string of the molecule is Cc1ccc(NC(=O)COc2c(Br)cc(Br)cc2/C=C2/C(=O)NC(=O)N(c3ccccc3)C2=O)cc1Cl. The Labute approximate surface area is 233 Å². The maximum absolute atomic E-state index is 13.2. The van der Waals surface area contributed by atoms with Gasteiger partial charge in [0.1, 0.15) is 11.3 Å². The van der Waals surface area contributed by atoms with E-state index >= 15 is 0 Å². The number of nitrogens with one attached hydrogen (secondary N) is 2. The lowest BCUT2D eigenvalue weighted by Crippen LogP contribution is -2.54. The quantitative estimate of drug-likeness (QED) is 0.258. The number of para-hydroxylation sites is 1. The number of barbiturate groups is 1. The fourth-order valence-electron chi connectivity index (χ4n) is 3.47. The highest BCUT2D eigenvalue weighted by atomic mass is 79.9. The van der Waals surface area contributed by atoms with Gasteiger partial charge < -0.3 is 10.1 Å². The third-order valence-electron chi connectivity index (χ3n) is 5.26. The number of hydrogen-bond donors (Lipinski definition) is 2. The molecule has 1 aliphatic heterocycles. The Balaban J connectivity index is 1.61. The predicted octanol–water partition coefficient (Wildman–Crippen LogP) is 5.86. The van der Waals surface area contributed by atoms with E-state index in [-0.39, 0.29) is 17.9 Å². The third-order valence-corrected chi connectivity index (χ3v) is 6.71. The Morgan fingerprint density at radius 2 is 1.81 bits per heavy atom. The van der Waals surface area contributed by atoms with Gasteiger partial charge in [0.15, 0.2) is 6.61 Å². The topological polar surface area (TPSA) is 105 Å². The van der Waals surface area contributed by atoms with Gasteiger partial charge in [0.25, 0.3) is 17.7 Å². The standard InChI is InChI=1S/C26H18Br2ClN3O5/c1-14-7-8-17(12-21(14)29)30-22(33)13-37-23-15(9-16(27)11-20(23)28)10-19-24(34)31-26(36)32(25(19)35)18-5-3-2-4-6-18/h2-12H,13H2,1H3,(H,30,33)(H,31,34,36)/b19-10-. The number of ether oxygens (including phenoxy) is 1. The molecule has 8 nitrogen and oxygen atoms in total. The zero-order valence-corrected chi connectivity index (χ0v) is 23.1. The lowest BCUT2D eigenvalue weighted by molar-refractivity contribution is -0.122. The van der Waals surface area contributed by atoms with Gasteiger partial charge in [0, 0.05) is 20.7 Å². The molecule has 0 bridgehead atoms. The molecule has 188 valence electrons. The van der Waals surface area contributed by atoms with Crippen LogP contribution in [-0.4, -0.2) is 30.4 Å². The number of halogens is 3. The zero-order chi connectivity index (χ0) is 26.7. The van der Waals surface area contributed by atoms with Crippen LogP contribution in [0.25, 0.3) is 6.08 Å². The molecule has 37 heavy (non-hydrogen) atoms. The molecule has 0 saturated carbocycles. The summed E-state index contributed by atoms with van der Waals surface area (Å²) in [5, 5.41) is 5.40. The molecule has 11 heteroatoms. The van der Waals surface area contributed by atoms with Crippen LogP contribution in [0.5, 0.6) is 5.75 Å². The van der Waals surface area contributed by atoms with Crippen molar-refractivity contribution in [3.63, 3.8) is 0 Å². The van der Waals surface area contributed by atoms with Gasteiger partial charge in [-0.05, 0) is 70.9 Å². The first-order valence-corrected chi connectivity index (χ1v) is 12.7. The van der Waals surface area contributed by atoms with Crippen LogP contribution in [-0.2, 0) is 14.4 Å². The fourth-order valence-corrected chi connectivity index (χ4v) is 5.02. The average Bonchev–Trinajstić information content (AvgIpc) is 2.84. The molecule has 2 N–H and O–H groups in total. The highest BCUT2D eigenvalue weighted by Crippen LogP contribution is 2.35. The van der Waals surface area contributed by atoms with Gasteiger partial charge in [0.2, 0.25) is 0 Å².